The second kappa shape index (κ2) is 5.92. The van der Waals surface area contributed by atoms with Crippen LogP contribution in [0.3, 0.4) is 0 Å². The van der Waals surface area contributed by atoms with Crippen LogP contribution >= 0.6 is 7.60 Å². The van der Waals surface area contributed by atoms with Crippen molar-refractivity contribution < 1.29 is 13.6 Å². The molecule has 2 atom stereocenters. The Kier molecular flexibility index (Phi) is 5.56. The van der Waals surface area contributed by atoms with E-state index in [1.807, 2.05) is 0 Å². The fourth-order valence-corrected chi connectivity index (χ4v) is 2.48. The molecule has 4 heteroatoms. The highest BCUT2D eigenvalue weighted by molar-refractivity contribution is 7.54. The molecule has 2 unspecified atom stereocenters. The summed E-state index contributed by atoms with van der Waals surface area (Å²) in [6.45, 7) is 8.41. The fourth-order valence-electron chi connectivity index (χ4n) is 0.828. The van der Waals surface area contributed by atoms with E-state index in [0.29, 0.717) is 0 Å². The van der Waals surface area contributed by atoms with Crippen molar-refractivity contribution in [2.75, 3.05) is 6.61 Å². The van der Waals surface area contributed by atoms with Crippen LogP contribution in [0.4, 0.5) is 0 Å². The van der Waals surface area contributed by atoms with E-state index in [9.17, 15) is 4.57 Å². The first kappa shape index (κ1) is 15.0. The lowest BCUT2D eigenvalue weighted by Crippen LogP contribution is -2.23. The number of rotatable bonds is 6. The van der Waals surface area contributed by atoms with Gasteiger partial charge in [-0.05, 0) is 20.8 Å². The van der Waals surface area contributed by atoms with Crippen LogP contribution in [-0.2, 0) is 13.6 Å². The van der Waals surface area contributed by atoms with Gasteiger partial charge in [0.05, 0.1) is 5.66 Å². The number of allylic oxidation sites excluding steroid dienone is 1. The average Bonchev–Trinajstić information content (AvgIpc) is 2.24. The summed E-state index contributed by atoms with van der Waals surface area (Å²) in [5.41, 5.74) is -1.44. The Morgan fingerprint density at radius 1 is 1.56 bits per heavy atom. The molecule has 0 rings (SSSR count). The monoisotopic (exact) mass is 240 g/mol. The average molecular weight is 240 g/mol. The van der Waals surface area contributed by atoms with E-state index in [0.717, 1.165) is 0 Å². The van der Waals surface area contributed by atoms with Crippen LogP contribution in [0.1, 0.15) is 20.8 Å². The van der Waals surface area contributed by atoms with Crippen molar-refractivity contribution in [2.24, 2.45) is 0 Å². The van der Waals surface area contributed by atoms with Gasteiger partial charge in [0, 0.05) is 0 Å². The summed E-state index contributed by atoms with van der Waals surface area (Å²) in [6, 6.07) is 0. The fraction of sp³-hybridized carbons (Fsp3) is 0.500. The van der Waals surface area contributed by atoms with Gasteiger partial charge in [0.25, 0.3) is 0 Å². The maximum atomic E-state index is 12.4. The first-order valence-electron chi connectivity index (χ1n) is 4.80. The molecular weight excluding hydrogens is 223 g/mol. The molecule has 0 spiro atoms. The van der Waals surface area contributed by atoms with Gasteiger partial charge in [0.15, 0.2) is 0 Å². The van der Waals surface area contributed by atoms with E-state index >= 15 is 0 Å². The van der Waals surface area contributed by atoms with Gasteiger partial charge in [-0.1, -0.05) is 17.9 Å². The second-order valence-electron chi connectivity index (χ2n) is 3.74. The van der Waals surface area contributed by atoms with Crippen molar-refractivity contribution in [1.82, 2.24) is 0 Å². The Balaban J connectivity index is 4.97. The van der Waals surface area contributed by atoms with Crippen molar-refractivity contribution in [1.29, 1.82) is 0 Å². The zero-order valence-electron chi connectivity index (χ0n) is 9.90. The molecule has 0 aliphatic carbocycles. The van der Waals surface area contributed by atoms with E-state index in [1.54, 1.807) is 20.8 Å². The van der Waals surface area contributed by atoms with Crippen LogP contribution in [0.25, 0.3) is 0 Å². The van der Waals surface area contributed by atoms with E-state index < -0.39 is 18.9 Å². The largest absolute Gasteiger partial charge is 0.339 e. The highest BCUT2D eigenvalue weighted by Gasteiger charge is 2.36. The first-order chi connectivity index (χ1) is 7.31. The minimum absolute atomic E-state index is 0.0872. The lowest BCUT2D eigenvalue weighted by atomic mass is 10.2. The smallest absolute Gasteiger partial charge is 0.295 e. The molecule has 0 heterocycles. The van der Waals surface area contributed by atoms with E-state index in [2.05, 4.69) is 18.4 Å². The van der Waals surface area contributed by atoms with Gasteiger partial charge in [-0.2, -0.15) is 0 Å². The molecular formula is C12H17O3P. The van der Waals surface area contributed by atoms with Gasteiger partial charge < -0.3 is 0 Å². The third-order valence-corrected chi connectivity index (χ3v) is 4.28. The molecule has 0 N–H and O–H groups in total. The molecule has 0 saturated heterocycles. The summed E-state index contributed by atoms with van der Waals surface area (Å²) >= 11 is 0. The van der Waals surface area contributed by atoms with Crippen molar-refractivity contribution in [2.45, 2.75) is 32.0 Å². The number of terminal acetylenes is 2. The first-order valence-corrected chi connectivity index (χ1v) is 6.41. The zero-order chi connectivity index (χ0) is 12.8. The normalized spacial score (nSPS) is 16.6. The van der Waals surface area contributed by atoms with Crippen molar-refractivity contribution in [3.63, 3.8) is 0 Å². The van der Waals surface area contributed by atoms with Crippen LogP contribution in [0, 0.1) is 24.7 Å². The Morgan fingerprint density at radius 3 is 2.50 bits per heavy atom. The van der Waals surface area contributed by atoms with E-state index in [1.165, 1.54) is 6.08 Å². The van der Waals surface area contributed by atoms with Crippen molar-refractivity contribution in [3.05, 3.63) is 12.7 Å². The van der Waals surface area contributed by atoms with Crippen LogP contribution < -0.4 is 0 Å². The molecule has 3 nitrogen and oxygen atoms in total. The molecule has 0 aromatic carbocycles. The molecule has 0 saturated carbocycles. The number of hydrogen-bond donors (Lipinski definition) is 0. The summed E-state index contributed by atoms with van der Waals surface area (Å²) in [4.78, 5) is 0. The quantitative estimate of drug-likeness (QED) is 0.407. The van der Waals surface area contributed by atoms with Crippen molar-refractivity contribution in [3.8, 4) is 24.7 Å². The van der Waals surface area contributed by atoms with Gasteiger partial charge in [0.2, 0.25) is 0 Å². The standard InChI is InChI=1S/C12H17O3P/c1-7-10-14-16(13,11(4)8-2)15-12(5,6)9-3/h1,3,8,11H,2,10H2,4-6H3. The lowest BCUT2D eigenvalue weighted by Gasteiger charge is -2.28. The molecule has 0 aromatic rings. The minimum Gasteiger partial charge on any atom is -0.295 e. The minimum atomic E-state index is -3.37. The Morgan fingerprint density at radius 2 is 2.12 bits per heavy atom. The van der Waals surface area contributed by atoms with Crippen LogP contribution in [0.15, 0.2) is 12.7 Å². The van der Waals surface area contributed by atoms with Crippen LogP contribution in [0.2, 0.25) is 0 Å². The zero-order valence-corrected chi connectivity index (χ0v) is 10.8. The van der Waals surface area contributed by atoms with Crippen LogP contribution in [-0.4, -0.2) is 17.9 Å². The summed E-state index contributed by atoms with van der Waals surface area (Å²) in [5, 5.41) is 0. The molecule has 16 heavy (non-hydrogen) atoms. The van der Waals surface area contributed by atoms with E-state index in [-0.39, 0.29) is 6.61 Å². The predicted octanol–water partition coefficient (Wildman–Crippen LogP) is 2.83. The molecule has 0 fully saturated rings. The Hall–Kier alpha value is -0.990. The molecule has 0 aliphatic rings. The SMILES string of the molecule is C#CCOP(=O)(OC(C)(C)C#C)C(C)C=C. The summed E-state index contributed by atoms with van der Waals surface area (Å²) in [7, 11) is -3.37. The predicted molar refractivity (Wildman–Crippen MR) is 66.0 cm³/mol. The van der Waals surface area contributed by atoms with Gasteiger partial charge >= 0.3 is 7.60 Å². The maximum absolute atomic E-state index is 12.4. The second-order valence-corrected chi connectivity index (χ2v) is 6.07. The van der Waals surface area contributed by atoms with Gasteiger partial charge in [0.1, 0.15) is 12.2 Å². The molecule has 0 radical (unpaired) electrons. The summed E-state index contributed by atoms with van der Waals surface area (Å²) in [5.74, 6) is 4.64. The van der Waals surface area contributed by atoms with Gasteiger partial charge in [-0.3, -0.25) is 13.6 Å². The Bertz CT molecular complexity index is 371. The molecule has 88 valence electrons. The Labute approximate surface area is 97.8 Å². The highest BCUT2D eigenvalue weighted by Crippen LogP contribution is 2.55. The van der Waals surface area contributed by atoms with Crippen LogP contribution in [0.5, 0.6) is 0 Å². The lowest BCUT2D eigenvalue weighted by molar-refractivity contribution is 0.129. The third kappa shape index (κ3) is 4.25. The summed E-state index contributed by atoms with van der Waals surface area (Å²) in [6.07, 6.45) is 11.8. The van der Waals surface area contributed by atoms with E-state index in [4.69, 9.17) is 21.9 Å². The molecule has 0 aliphatic heterocycles. The highest BCUT2D eigenvalue weighted by atomic mass is 31.2. The molecule has 0 aromatic heterocycles. The topological polar surface area (TPSA) is 35.5 Å². The molecule has 0 amide bonds. The summed E-state index contributed by atoms with van der Waals surface area (Å²) < 4.78 is 22.8. The van der Waals surface area contributed by atoms with Gasteiger partial charge in [-0.25, -0.2) is 0 Å². The third-order valence-electron chi connectivity index (χ3n) is 1.87. The molecule has 0 bridgehead atoms. The number of hydrogen-bond acceptors (Lipinski definition) is 3. The van der Waals surface area contributed by atoms with Gasteiger partial charge in [-0.15, -0.1) is 19.4 Å². The van der Waals surface area contributed by atoms with Crippen molar-refractivity contribution >= 4 is 7.60 Å². The maximum Gasteiger partial charge on any atom is 0.339 e.